The summed E-state index contributed by atoms with van der Waals surface area (Å²) >= 11 is 0. The van der Waals surface area contributed by atoms with Gasteiger partial charge in [-0.1, -0.05) is 0 Å². The fourth-order valence-electron chi connectivity index (χ4n) is 0.690. The zero-order valence-corrected chi connectivity index (χ0v) is 9.50. The van der Waals surface area contributed by atoms with E-state index < -0.39 is 19.5 Å². The van der Waals surface area contributed by atoms with Crippen LogP contribution in [0.3, 0.4) is 0 Å². The molecule has 0 unspecified atom stereocenters. The second-order valence-electron chi connectivity index (χ2n) is 3.21. The molecule has 0 radical (unpaired) electrons. The third-order valence-corrected chi connectivity index (χ3v) is 1.31. The molecule has 0 amide bonds. The van der Waals surface area contributed by atoms with Gasteiger partial charge in [-0.05, 0) is 0 Å². The zero-order chi connectivity index (χ0) is 14.9. The van der Waals surface area contributed by atoms with E-state index in [1.54, 1.807) is 11.6 Å². The first-order valence-electron chi connectivity index (χ1n) is 4.04. The van der Waals surface area contributed by atoms with E-state index in [1.165, 1.54) is 12.4 Å². The van der Waals surface area contributed by atoms with Gasteiger partial charge in [0.2, 0.25) is 0 Å². The Morgan fingerprint density at radius 3 is 1.39 bits per heavy atom. The molecule has 0 aliphatic heterocycles. The van der Waals surface area contributed by atoms with Gasteiger partial charge in [-0.3, -0.25) is 0 Å². The van der Waals surface area contributed by atoms with Crippen molar-refractivity contribution < 1.29 is 42.9 Å². The van der Waals surface area contributed by atoms with Crippen LogP contribution in [-0.2, 0) is 13.2 Å². The number of halogens is 9. The van der Waals surface area contributed by atoms with Crippen LogP contribution in [0.5, 0.6) is 0 Å². The molecule has 0 aliphatic carbocycles. The van der Waals surface area contributed by atoms with Crippen LogP contribution >= 0.6 is 7.81 Å². The summed E-state index contributed by atoms with van der Waals surface area (Å²) in [5.41, 5.74) is -0.615. The van der Waals surface area contributed by atoms with Crippen molar-refractivity contribution >= 4 is 7.81 Å². The van der Waals surface area contributed by atoms with Crippen molar-refractivity contribution in [1.82, 2.24) is 0 Å². The van der Waals surface area contributed by atoms with E-state index in [1.807, 2.05) is 0 Å². The molecule has 1 aromatic heterocycles. The van der Waals surface area contributed by atoms with E-state index in [-0.39, 0.29) is 0 Å². The second kappa shape index (κ2) is 3.97. The fraction of sp³-hybridized carbons (Fsp3) is 0.286. The number of nitrogens with zero attached hydrogens (tertiary/aromatic N) is 1. The van der Waals surface area contributed by atoms with Crippen LogP contribution < -0.4 is 4.57 Å². The molecule has 1 rings (SSSR count). The van der Waals surface area contributed by atoms with Gasteiger partial charge in [0.05, 0.1) is 5.56 Å². The summed E-state index contributed by atoms with van der Waals surface area (Å²) in [5.74, 6) is 0. The molecule has 1 nitrogen and oxygen atoms in total. The van der Waals surface area contributed by atoms with Gasteiger partial charge in [-0.15, -0.1) is 0 Å². The van der Waals surface area contributed by atoms with Crippen molar-refractivity contribution in [3.63, 3.8) is 0 Å². The van der Waals surface area contributed by atoms with E-state index in [2.05, 4.69) is 0 Å². The van der Waals surface area contributed by atoms with Crippen LogP contribution in [0.4, 0.5) is 38.4 Å². The van der Waals surface area contributed by atoms with Crippen molar-refractivity contribution in [3.8, 4) is 0 Å². The van der Waals surface area contributed by atoms with Gasteiger partial charge < -0.3 is 0 Å². The maximum atomic E-state index is 11.9. The van der Waals surface area contributed by atoms with Crippen LogP contribution in [-0.4, -0.2) is 0 Å². The van der Waals surface area contributed by atoms with Gasteiger partial charge in [-0.25, -0.2) is 4.57 Å². The van der Waals surface area contributed by atoms with Gasteiger partial charge in [0.25, 0.3) is 0 Å². The predicted molar refractivity (Wildman–Crippen MR) is 46.2 cm³/mol. The van der Waals surface area contributed by atoms with Gasteiger partial charge >= 0.3 is 39.2 Å². The summed E-state index contributed by atoms with van der Waals surface area (Å²) in [4.78, 5) is 0. The summed E-state index contributed by atoms with van der Waals surface area (Å²) < 4.78 is 96.5. The maximum absolute atomic E-state index is 11.9. The van der Waals surface area contributed by atoms with E-state index in [0.717, 1.165) is 12.1 Å². The molecule has 0 atom stereocenters. The molecule has 108 valence electrons. The topological polar surface area (TPSA) is 3.88 Å². The summed E-state index contributed by atoms with van der Waals surface area (Å²) in [6.45, 7) is 0. The SMILES string of the molecule is C[n+]1ccc(C(F)(F)F)cc1.F[P-](F)(F)(F)(F)F. The summed E-state index contributed by atoms with van der Waals surface area (Å²) in [6.07, 6.45) is -1.50. The van der Waals surface area contributed by atoms with E-state index in [4.69, 9.17) is 0 Å². The number of aromatic nitrogens is 1. The first kappa shape index (κ1) is 16.9. The fourth-order valence-corrected chi connectivity index (χ4v) is 0.690. The minimum absolute atomic E-state index is 0.615. The van der Waals surface area contributed by atoms with Crippen molar-refractivity contribution in [2.45, 2.75) is 6.18 Å². The zero-order valence-electron chi connectivity index (χ0n) is 8.61. The average Bonchev–Trinajstić information content (AvgIpc) is 1.96. The Balaban J connectivity index is 0.000000360. The molecule has 0 spiro atoms. The third-order valence-electron chi connectivity index (χ3n) is 1.31. The number of aryl methyl sites for hydroxylation is 1. The van der Waals surface area contributed by atoms with Crippen LogP contribution in [0.2, 0.25) is 0 Å². The number of hydrogen-bond acceptors (Lipinski definition) is 0. The summed E-state index contributed by atoms with van der Waals surface area (Å²) in [6, 6.07) is 2.08. The standard InChI is InChI=1S/C7H7F3N.F6P/c1-11-4-2-6(3-5-11)7(8,9)10;1-7(2,3,4,5)6/h2-5H,1H3;/q+1;-1. The number of rotatable bonds is 0. The van der Waals surface area contributed by atoms with Gasteiger partial charge in [0.1, 0.15) is 7.05 Å². The molecule has 18 heavy (non-hydrogen) atoms. The molecule has 0 fully saturated rings. The van der Waals surface area contributed by atoms with Crippen LogP contribution in [0, 0.1) is 0 Å². The molecule has 0 aromatic carbocycles. The monoisotopic (exact) mass is 307 g/mol. The van der Waals surface area contributed by atoms with Crippen molar-refractivity contribution in [2.24, 2.45) is 7.05 Å². The van der Waals surface area contributed by atoms with Crippen molar-refractivity contribution in [1.29, 1.82) is 0 Å². The Labute approximate surface area is 95.1 Å². The van der Waals surface area contributed by atoms with E-state index >= 15 is 0 Å². The van der Waals surface area contributed by atoms with Gasteiger partial charge in [0.15, 0.2) is 12.4 Å². The number of hydrogen-bond donors (Lipinski definition) is 0. The second-order valence-corrected chi connectivity index (χ2v) is 5.12. The van der Waals surface area contributed by atoms with Crippen LogP contribution in [0.25, 0.3) is 0 Å². The molecule has 1 aromatic rings. The quantitative estimate of drug-likeness (QED) is 0.364. The Morgan fingerprint density at radius 1 is 0.889 bits per heavy atom. The molecule has 0 saturated heterocycles. The average molecular weight is 307 g/mol. The third kappa shape index (κ3) is 13.0. The Morgan fingerprint density at radius 2 is 1.17 bits per heavy atom. The minimum atomic E-state index is -10.7. The Bertz CT molecular complexity index is 389. The van der Waals surface area contributed by atoms with Gasteiger partial charge in [0, 0.05) is 12.1 Å². The predicted octanol–water partition coefficient (Wildman–Crippen LogP) is 4.91. The molecular formula is C7H7F9NP. The summed E-state index contributed by atoms with van der Waals surface area (Å²) in [7, 11) is -8.99. The summed E-state index contributed by atoms with van der Waals surface area (Å²) in [5, 5.41) is 0. The first-order valence-corrected chi connectivity index (χ1v) is 6.07. The number of pyridine rings is 1. The normalized spacial score (nSPS) is 16.1. The van der Waals surface area contributed by atoms with Crippen LogP contribution in [0.15, 0.2) is 24.5 Å². The molecule has 1 heterocycles. The molecule has 0 aliphatic rings. The molecular weight excluding hydrogens is 300 g/mol. The van der Waals surface area contributed by atoms with Crippen LogP contribution in [0.1, 0.15) is 5.56 Å². The Hall–Kier alpha value is -1.05. The first-order chi connectivity index (χ1) is 7.45. The Kier molecular flexibility index (Phi) is 3.74. The van der Waals surface area contributed by atoms with Crippen molar-refractivity contribution in [3.05, 3.63) is 30.1 Å². The molecule has 0 bridgehead atoms. The molecule has 0 saturated carbocycles. The van der Waals surface area contributed by atoms with Gasteiger partial charge in [-0.2, -0.15) is 13.2 Å². The van der Waals surface area contributed by atoms with E-state index in [9.17, 15) is 38.4 Å². The molecule has 11 heteroatoms. The van der Waals surface area contributed by atoms with Crippen molar-refractivity contribution in [2.75, 3.05) is 0 Å². The number of alkyl halides is 3. The van der Waals surface area contributed by atoms with E-state index in [0.29, 0.717) is 0 Å². The molecule has 0 N–H and O–H groups in total.